The molecule has 1 fully saturated rings. The molecule has 0 amide bonds. The number of nitrogens with zero attached hydrogens (tertiary/aromatic N) is 3. The molecule has 0 aliphatic carbocycles. The summed E-state index contributed by atoms with van der Waals surface area (Å²) in [6, 6.07) is 10.5. The summed E-state index contributed by atoms with van der Waals surface area (Å²) in [4.78, 5) is 2.16. The topological polar surface area (TPSA) is 77.4 Å². The first kappa shape index (κ1) is 16.9. The second-order valence-corrected chi connectivity index (χ2v) is 6.43. The number of hydrogen-bond donors (Lipinski definition) is 1. The Hall–Kier alpha value is -1.92. The molecule has 24 heavy (non-hydrogen) atoms. The molecule has 0 unspecified atom stereocenters. The largest absolute Gasteiger partial charge is 0.406 e. The van der Waals surface area contributed by atoms with Crippen LogP contribution in [0.15, 0.2) is 34.7 Å². The lowest BCUT2D eigenvalue weighted by Crippen LogP contribution is -2.34. The number of piperidine rings is 1. The predicted molar refractivity (Wildman–Crippen MR) is 92.8 cm³/mol. The van der Waals surface area contributed by atoms with Gasteiger partial charge in [0.15, 0.2) is 0 Å². The molecule has 1 saturated heterocycles. The molecule has 0 saturated carbocycles. The molecule has 2 N–H and O–H groups in total. The van der Waals surface area contributed by atoms with Crippen molar-refractivity contribution >= 4 is 6.01 Å². The van der Waals surface area contributed by atoms with Crippen LogP contribution in [-0.2, 0) is 11.2 Å². The van der Waals surface area contributed by atoms with Gasteiger partial charge >= 0.3 is 6.01 Å². The third-order valence-corrected chi connectivity index (χ3v) is 4.66. The fourth-order valence-corrected chi connectivity index (χ4v) is 3.16. The number of rotatable bonds is 7. The molecule has 1 aliphatic rings. The van der Waals surface area contributed by atoms with Gasteiger partial charge in [0.05, 0.1) is 6.04 Å². The van der Waals surface area contributed by atoms with E-state index in [2.05, 4.69) is 27.2 Å². The maximum Gasteiger partial charge on any atom is 0.318 e. The van der Waals surface area contributed by atoms with Crippen molar-refractivity contribution in [3.63, 3.8) is 0 Å². The molecule has 2 heterocycles. The molecule has 2 aromatic rings. The first-order valence-corrected chi connectivity index (χ1v) is 8.63. The van der Waals surface area contributed by atoms with Crippen molar-refractivity contribution in [2.24, 2.45) is 11.7 Å². The monoisotopic (exact) mass is 330 g/mol. The third kappa shape index (κ3) is 4.33. The average Bonchev–Trinajstić information content (AvgIpc) is 3.11. The highest BCUT2D eigenvalue weighted by atomic mass is 16.5. The van der Waals surface area contributed by atoms with Crippen molar-refractivity contribution in [3.05, 3.63) is 41.8 Å². The van der Waals surface area contributed by atoms with E-state index in [1.165, 1.54) is 5.56 Å². The van der Waals surface area contributed by atoms with Crippen LogP contribution >= 0.6 is 0 Å². The van der Waals surface area contributed by atoms with E-state index in [-0.39, 0.29) is 6.04 Å². The average molecular weight is 330 g/mol. The van der Waals surface area contributed by atoms with E-state index in [0.717, 1.165) is 44.9 Å². The molecule has 0 radical (unpaired) electrons. The summed E-state index contributed by atoms with van der Waals surface area (Å²) >= 11 is 0. The maximum absolute atomic E-state index is 6.22. The Bertz CT molecular complexity index is 608. The van der Waals surface area contributed by atoms with Crippen molar-refractivity contribution in [3.8, 4) is 0 Å². The van der Waals surface area contributed by atoms with Crippen LogP contribution < -0.4 is 10.6 Å². The van der Waals surface area contributed by atoms with Crippen molar-refractivity contribution in [1.82, 2.24) is 10.2 Å². The molecule has 6 nitrogen and oxygen atoms in total. The van der Waals surface area contributed by atoms with E-state index in [9.17, 15) is 0 Å². The number of benzene rings is 1. The van der Waals surface area contributed by atoms with Crippen molar-refractivity contribution in [1.29, 1.82) is 0 Å². The summed E-state index contributed by atoms with van der Waals surface area (Å²) in [5.74, 6) is 1.24. The third-order valence-electron chi connectivity index (χ3n) is 4.66. The van der Waals surface area contributed by atoms with Gasteiger partial charge < -0.3 is 19.8 Å². The summed E-state index contributed by atoms with van der Waals surface area (Å²) in [5.41, 5.74) is 7.39. The zero-order chi connectivity index (χ0) is 16.8. The zero-order valence-corrected chi connectivity index (χ0v) is 14.2. The molecule has 1 aromatic carbocycles. The van der Waals surface area contributed by atoms with Crippen LogP contribution in [0.25, 0.3) is 0 Å². The van der Waals surface area contributed by atoms with Gasteiger partial charge in [0.1, 0.15) is 0 Å². The second-order valence-electron chi connectivity index (χ2n) is 6.43. The Morgan fingerprint density at radius 1 is 1.25 bits per heavy atom. The molecular formula is C18H26N4O2. The molecule has 3 rings (SSSR count). The fraction of sp³-hybridized carbons (Fsp3) is 0.556. The van der Waals surface area contributed by atoms with Gasteiger partial charge in [-0.1, -0.05) is 35.4 Å². The number of nitrogens with two attached hydrogens (primary N) is 1. The van der Waals surface area contributed by atoms with Gasteiger partial charge in [-0.25, -0.2) is 0 Å². The number of anilines is 1. The molecule has 1 aliphatic heterocycles. The fourth-order valence-electron chi connectivity index (χ4n) is 3.16. The van der Waals surface area contributed by atoms with Crippen LogP contribution in [-0.4, -0.2) is 37.0 Å². The Kier molecular flexibility index (Phi) is 5.82. The van der Waals surface area contributed by atoms with E-state index in [1.54, 1.807) is 7.11 Å². The van der Waals surface area contributed by atoms with Gasteiger partial charge in [0, 0.05) is 26.8 Å². The first-order chi connectivity index (χ1) is 11.8. The quantitative estimate of drug-likeness (QED) is 0.841. The molecule has 0 spiro atoms. The van der Waals surface area contributed by atoms with Gasteiger partial charge in [-0.05, 0) is 37.2 Å². The van der Waals surface area contributed by atoms with Crippen LogP contribution in [0.4, 0.5) is 6.01 Å². The normalized spacial score (nSPS) is 17.2. The molecule has 6 heteroatoms. The van der Waals surface area contributed by atoms with Crippen LogP contribution in [0.3, 0.4) is 0 Å². The highest BCUT2D eigenvalue weighted by molar-refractivity contribution is 5.25. The van der Waals surface area contributed by atoms with Crippen LogP contribution in [0.1, 0.15) is 36.8 Å². The molecule has 1 atom stereocenters. The number of methoxy groups -OCH3 is 1. The SMILES string of the molecule is COCCC1CCN(c2nnc([C@H](N)Cc3ccccc3)o2)CC1. The minimum Gasteiger partial charge on any atom is -0.406 e. The van der Waals surface area contributed by atoms with E-state index in [1.807, 2.05) is 18.2 Å². The van der Waals surface area contributed by atoms with E-state index < -0.39 is 0 Å². The molecule has 0 bridgehead atoms. The lowest BCUT2D eigenvalue weighted by molar-refractivity contribution is 0.170. The van der Waals surface area contributed by atoms with Gasteiger partial charge in [-0.15, -0.1) is 5.10 Å². The Labute approximate surface area is 143 Å². The number of aromatic nitrogens is 2. The van der Waals surface area contributed by atoms with E-state index in [0.29, 0.717) is 18.3 Å². The second kappa shape index (κ2) is 8.26. The lowest BCUT2D eigenvalue weighted by atomic mass is 9.94. The van der Waals surface area contributed by atoms with Crippen LogP contribution in [0.2, 0.25) is 0 Å². The minimum atomic E-state index is -0.270. The smallest absolute Gasteiger partial charge is 0.318 e. The summed E-state index contributed by atoms with van der Waals surface area (Å²) in [6.45, 7) is 2.73. The standard InChI is InChI=1S/C18H26N4O2/c1-23-12-9-14-7-10-22(11-8-14)18-21-20-17(24-18)16(19)13-15-5-3-2-4-6-15/h2-6,14,16H,7-13,19H2,1H3/t16-/m1/s1. The van der Waals surface area contributed by atoms with Crippen LogP contribution in [0, 0.1) is 5.92 Å². The Balaban J connectivity index is 1.54. The van der Waals surface area contributed by atoms with E-state index in [4.69, 9.17) is 14.9 Å². The number of ether oxygens (including phenoxy) is 1. The highest BCUT2D eigenvalue weighted by Gasteiger charge is 2.24. The highest BCUT2D eigenvalue weighted by Crippen LogP contribution is 2.25. The Morgan fingerprint density at radius 2 is 2.00 bits per heavy atom. The zero-order valence-electron chi connectivity index (χ0n) is 14.2. The van der Waals surface area contributed by atoms with Crippen molar-refractivity contribution in [2.45, 2.75) is 31.7 Å². The van der Waals surface area contributed by atoms with Gasteiger partial charge in [0.2, 0.25) is 5.89 Å². The molecule has 130 valence electrons. The first-order valence-electron chi connectivity index (χ1n) is 8.63. The lowest BCUT2D eigenvalue weighted by Gasteiger charge is -2.30. The molecule has 1 aromatic heterocycles. The summed E-state index contributed by atoms with van der Waals surface area (Å²) in [6.07, 6.45) is 4.09. The van der Waals surface area contributed by atoms with Gasteiger partial charge in [-0.2, -0.15) is 0 Å². The summed E-state index contributed by atoms with van der Waals surface area (Å²) in [5, 5.41) is 8.35. The Morgan fingerprint density at radius 3 is 2.71 bits per heavy atom. The predicted octanol–water partition coefficient (Wildman–Crippen LogP) is 2.57. The van der Waals surface area contributed by atoms with Gasteiger partial charge in [0.25, 0.3) is 0 Å². The summed E-state index contributed by atoms with van der Waals surface area (Å²) in [7, 11) is 1.76. The van der Waals surface area contributed by atoms with Crippen molar-refractivity contribution < 1.29 is 9.15 Å². The summed E-state index contributed by atoms with van der Waals surface area (Å²) < 4.78 is 11.0. The maximum atomic E-state index is 6.22. The minimum absolute atomic E-state index is 0.270. The molecular weight excluding hydrogens is 304 g/mol. The number of hydrogen-bond acceptors (Lipinski definition) is 6. The van der Waals surface area contributed by atoms with E-state index >= 15 is 0 Å². The van der Waals surface area contributed by atoms with Crippen molar-refractivity contribution in [2.75, 3.05) is 31.7 Å². The van der Waals surface area contributed by atoms with Gasteiger partial charge in [-0.3, -0.25) is 0 Å². The van der Waals surface area contributed by atoms with Crippen LogP contribution in [0.5, 0.6) is 0 Å².